The lowest BCUT2D eigenvalue weighted by Crippen LogP contribution is -2.45. The zero-order valence-electron chi connectivity index (χ0n) is 15.6. The highest BCUT2D eigenvalue weighted by Crippen LogP contribution is 2.30. The summed E-state index contributed by atoms with van der Waals surface area (Å²) < 4.78 is 17.0. The molecule has 2 aliphatic rings. The molecule has 1 aromatic carbocycles. The Morgan fingerprint density at radius 1 is 1.12 bits per heavy atom. The van der Waals surface area contributed by atoms with E-state index in [1.54, 1.807) is 14.2 Å². The number of nitrogens with zero attached hydrogens (tertiary/aromatic N) is 1. The van der Waals surface area contributed by atoms with Crippen LogP contribution < -0.4 is 9.47 Å². The van der Waals surface area contributed by atoms with Crippen LogP contribution in [-0.4, -0.2) is 51.0 Å². The van der Waals surface area contributed by atoms with Crippen LogP contribution in [0.15, 0.2) is 30.4 Å². The molecule has 1 saturated carbocycles. The summed E-state index contributed by atoms with van der Waals surface area (Å²) in [4.78, 5) is 2.59. The monoisotopic (exact) mass is 345 g/mol. The molecule has 1 aliphatic heterocycles. The summed E-state index contributed by atoms with van der Waals surface area (Å²) in [5, 5.41) is 0. The van der Waals surface area contributed by atoms with Crippen molar-refractivity contribution in [3.05, 3.63) is 35.9 Å². The average Bonchev–Trinajstić information content (AvgIpc) is 3.08. The summed E-state index contributed by atoms with van der Waals surface area (Å²) in [7, 11) is 3.34. The van der Waals surface area contributed by atoms with Crippen LogP contribution in [0, 0.1) is 0 Å². The van der Waals surface area contributed by atoms with Gasteiger partial charge >= 0.3 is 0 Å². The molecule has 1 aromatic rings. The molecule has 2 unspecified atom stereocenters. The highest BCUT2D eigenvalue weighted by atomic mass is 16.5. The van der Waals surface area contributed by atoms with Crippen LogP contribution in [-0.2, 0) is 11.2 Å². The van der Waals surface area contributed by atoms with Crippen LogP contribution in [0.3, 0.4) is 0 Å². The highest BCUT2D eigenvalue weighted by Gasteiger charge is 2.32. The van der Waals surface area contributed by atoms with E-state index < -0.39 is 0 Å². The SMILES string of the molecule is C=C1CCN(C2CCCCC2OCCc2ccc(OC)c(OC)c2)C1. The van der Waals surface area contributed by atoms with Gasteiger partial charge in [0.05, 0.1) is 26.9 Å². The molecule has 0 radical (unpaired) electrons. The number of ether oxygens (including phenoxy) is 3. The van der Waals surface area contributed by atoms with Crippen molar-refractivity contribution in [2.45, 2.75) is 50.7 Å². The second-order valence-corrected chi connectivity index (χ2v) is 7.17. The number of methoxy groups -OCH3 is 2. The van der Waals surface area contributed by atoms with E-state index in [-0.39, 0.29) is 0 Å². The smallest absolute Gasteiger partial charge is 0.160 e. The van der Waals surface area contributed by atoms with Crippen molar-refractivity contribution >= 4 is 0 Å². The van der Waals surface area contributed by atoms with Gasteiger partial charge < -0.3 is 14.2 Å². The van der Waals surface area contributed by atoms with Crippen molar-refractivity contribution < 1.29 is 14.2 Å². The first-order chi connectivity index (χ1) is 12.2. The fraction of sp³-hybridized carbons (Fsp3) is 0.619. The number of rotatable bonds is 7. The molecular formula is C21H31NO3. The Hall–Kier alpha value is -1.52. The molecule has 4 nitrogen and oxygen atoms in total. The van der Waals surface area contributed by atoms with Crippen molar-refractivity contribution in [3.8, 4) is 11.5 Å². The molecule has 3 rings (SSSR count). The van der Waals surface area contributed by atoms with Crippen LogP contribution in [0.5, 0.6) is 11.5 Å². The third kappa shape index (κ3) is 4.56. The van der Waals surface area contributed by atoms with Gasteiger partial charge in [-0.3, -0.25) is 4.90 Å². The second-order valence-electron chi connectivity index (χ2n) is 7.17. The van der Waals surface area contributed by atoms with E-state index in [0.717, 1.165) is 44.0 Å². The molecule has 0 spiro atoms. The summed E-state index contributed by atoms with van der Waals surface area (Å²) in [5.41, 5.74) is 2.59. The summed E-state index contributed by atoms with van der Waals surface area (Å²) in [5.74, 6) is 1.56. The molecular weight excluding hydrogens is 314 g/mol. The maximum atomic E-state index is 6.33. The average molecular weight is 345 g/mol. The number of benzene rings is 1. The Kier molecular flexibility index (Phi) is 6.38. The minimum Gasteiger partial charge on any atom is -0.493 e. The van der Waals surface area contributed by atoms with E-state index in [2.05, 4.69) is 17.5 Å². The molecule has 0 amide bonds. The molecule has 2 atom stereocenters. The van der Waals surface area contributed by atoms with Gasteiger partial charge in [0.2, 0.25) is 0 Å². The third-order valence-corrected chi connectivity index (χ3v) is 5.49. The lowest BCUT2D eigenvalue weighted by molar-refractivity contribution is -0.0283. The Morgan fingerprint density at radius 2 is 1.92 bits per heavy atom. The summed E-state index contributed by atoms with van der Waals surface area (Å²) in [6.07, 6.45) is 7.45. The predicted octanol–water partition coefficient (Wildman–Crippen LogP) is 3.84. The Labute approximate surface area is 151 Å². The molecule has 0 N–H and O–H groups in total. The lowest BCUT2D eigenvalue weighted by Gasteiger charge is -2.37. The number of hydrogen-bond acceptors (Lipinski definition) is 4. The van der Waals surface area contributed by atoms with E-state index in [1.165, 1.54) is 36.8 Å². The minimum absolute atomic E-state index is 0.361. The van der Waals surface area contributed by atoms with E-state index in [1.807, 2.05) is 12.1 Å². The van der Waals surface area contributed by atoms with Gasteiger partial charge in [-0.25, -0.2) is 0 Å². The molecule has 2 fully saturated rings. The number of likely N-dealkylation sites (tertiary alicyclic amines) is 1. The highest BCUT2D eigenvalue weighted by molar-refractivity contribution is 5.42. The largest absolute Gasteiger partial charge is 0.493 e. The van der Waals surface area contributed by atoms with Crippen molar-refractivity contribution in [2.24, 2.45) is 0 Å². The maximum Gasteiger partial charge on any atom is 0.160 e. The van der Waals surface area contributed by atoms with E-state index in [9.17, 15) is 0 Å². The van der Waals surface area contributed by atoms with Crippen molar-refractivity contribution in [1.29, 1.82) is 0 Å². The van der Waals surface area contributed by atoms with Gasteiger partial charge in [0.15, 0.2) is 11.5 Å². The van der Waals surface area contributed by atoms with Gasteiger partial charge in [-0.2, -0.15) is 0 Å². The normalized spacial score (nSPS) is 24.5. The molecule has 1 saturated heterocycles. The van der Waals surface area contributed by atoms with Gasteiger partial charge in [-0.15, -0.1) is 0 Å². The van der Waals surface area contributed by atoms with Crippen LogP contribution in [0.2, 0.25) is 0 Å². The van der Waals surface area contributed by atoms with Crippen LogP contribution in [0.1, 0.15) is 37.7 Å². The van der Waals surface area contributed by atoms with E-state index >= 15 is 0 Å². The van der Waals surface area contributed by atoms with E-state index in [4.69, 9.17) is 14.2 Å². The first-order valence-corrected chi connectivity index (χ1v) is 9.44. The van der Waals surface area contributed by atoms with Crippen LogP contribution >= 0.6 is 0 Å². The summed E-state index contributed by atoms with van der Waals surface area (Å²) >= 11 is 0. The number of hydrogen-bond donors (Lipinski definition) is 0. The zero-order valence-corrected chi connectivity index (χ0v) is 15.6. The van der Waals surface area contributed by atoms with Crippen molar-refractivity contribution in [3.63, 3.8) is 0 Å². The van der Waals surface area contributed by atoms with Gasteiger partial charge in [0.1, 0.15) is 0 Å². The Bertz CT molecular complexity index is 587. The molecule has 138 valence electrons. The summed E-state index contributed by atoms with van der Waals surface area (Å²) in [6, 6.07) is 6.67. The lowest BCUT2D eigenvalue weighted by atomic mass is 9.91. The molecule has 0 bridgehead atoms. The Balaban J connectivity index is 1.54. The standard InChI is InChI=1S/C21H31NO3/c1-16-10-12-22(15-16)18-6-4-5-7-19(18)25-13-11-17-8-9-20(23-2)21(14-17)24-3/h8-9,14,18-19H,1,4-7,10-13,15H2,2-3H3. The Morgan fingerprint density at radius 3 is 2.64 bits per heavy atom. The minimum atomic E-state index is 0.361. The van der Waals surface area contributed by atoms with Crippen molar-refractivity contribution in [1.82, 2.24) is 4.90 Å². The molecule has 1 aliphatic carbocycles. The third-order valence-electron chi connectivity index (χ3n) is 5.49. The summed E-state index contributed by atoms with van der Waals surface area (Å²) in [6.45, 7) is 7.11. The first-order valence-electron chi connectivity index (χ1n) is 9.44. The molecule has 1 heterocycles. The van der Waals surface area contributed by atoms with E-state index in [0.29, 0.717) is 12.1 Å². The second kappa shape index (κ2) is 8.72. The van der Waals surface area contributed by atoms with Gasteiger partial charge in [-0.05, 0) is 43.4 Å². The zero-order chi connectivity index (χ0) is 17.6. The molecule has 25 heavy (non-hydrogen) atoms. The van der Waals surface area contributed by atoms with Gasteiger partial charge in [0.25, 0.3) is 0 Å². The van der Waals surface area contributed by atoms with Gasteiger partial charge in [0, 0.05) is 19.1 Å². The van der Waals surface area contributed by atoms with Crippen molar-refractivity contribution in [2.75, 3.05) is 33.9 Å². The fourth-order valence-electron chi connectivity index (χ4n) is 4.08. The maximum absolute atomic E-state index is 6.33. The van der Waals surface area contributed by atoms with Gasteiger partial charge in [-0.1, -0.05) is 31.1 Å². The fourth-order valence-corrected chi connectivity index (χ4v) is 4.08. The topological polar surface area (TPSA) is 30.9 Å². The molecule has 0 aromatic heterocycles. The van der Waals surface area contributed by atoms with Crippen LogP contribution in [0.4, 0.5) is 0 Å². The quantitative estimate of drug-likeness (QED) is 0.703. The predicted molar refractivity (Wildman–Crippen MR) is 101 cm³/mol. The molecule has 4 heteroatoms. The first kappa shape index (κ1) is 18.3. The van der Waals surface area contributed by atoms with Crippen LogP contribution in [0.25, 0.3) is 0 Å².